The molecule has 3 nitrogen and oxygen atoms in total. The molecular formula is C9H21ClN2O. The molecule has 13 heavy (non-hydrogen) atoms. The van der Waals surface area contributed by atoms with Crippen LogP contribution >= 0.6 is 12.4 Å². The van der Waals surface area contributed by atoms with Crippen molar-refractivity contribution in [2.45, 2.75) is 19.9 Å². The number of morpholine rings is 1. The molecule has 2 N–H and O–H groups in total. The Bertz CT molecular complexity index is 127. The fourth-order valence-corrected chi connectivity index (χ4v) is 1.29. The second-order valence-corrected chi connectivity index (χ2v) is 3.82. The lowest BCUT2D eigenvalue weighted by atomic mass is 10.1. The van der Waals surface area contributed by atoms with Crippen LogP contribution in [0.25, 0.3) is 0 Å². The highest BCUT2D eigenvalue weighted by molar-refractivity contribution is 5.85. The highest BCUT2D eigenvalue weighted by Gasteiger charge is 2.15. The summed E-state index contributed by atoms with van der Waals surface area (Å²) in [7, 11) is 0. The van der Waals surface area contributed by atoms with Gasteiger partial charge in [-0.1, -0.05) is 13.8 Å². The second-order valence-electron chi connectivity index (χ2n) is 3.82. The molecule has 0 spiro atoms. The van der Waals surface area contributed by atoms with Crippen LogP contribution in [0.2, 0.25) is 0 Å². The Morgan fingerprint density at radius 3 is 2.31 bits per heavy atom. The standard InChI is InChI=1S/C9H20N2O.ClH/c1-8(2)9(10)7-11-3-5-12-6-4-11;/h8-9H,3-7,10H2,1-2H3;1H. The van der Waals surface area contributed by atoms with Gasteiger partial charge in [0.2, 0.25) is 0 Å². The molecule has 4 heteroatoms. The van der Waals surface area contributed by atoms with Crippen molar-refractivity contribution in [3.05, 3.63) is 0 Å². The summed E-state index contributed by atoms with van der Waals surface area (Å²) in [5, 5.41) is 0. The summed E-state index contributed by atoms with van der Waals surface area (Å²) in [6.07, 6.45) is 0. The first-order chi connectivity index (χ1) is 5.70. The molecule has 1 aliphatic heterocycles. The van der Waals surface area contributed by atoms with Crippen LogP contribution in [0.4, 0.5) is 0 Å². The van der Waals surface area contributed by atoms with E-state index in [4.69, 9.17) is 10.5 Å². The van der Waals surface area contributed by atoms with Crippen molar-refractivity contribution in [1.29, 1.82) is 0 Å². The van der Waals surface area contributed by atoms with E-state index in [0.717, 1.165) is 32.8 Å². The van der Waals surface area contributed by atoms with Crippen LogP contribution in [0.1, 0.15) is 13.8 Å². The third kappa shape index (κ3) is 4.81. The Hall–Kier alpha value is 0.170. The van der Waals surface area contributed by atoms with Crippen LogP contribution in [0, 0.1) is 5.92 Å². The molecule has 1 saturated heterocycles. The van der Waals surface area contributed by atoms with Gasteiger partial charge in [0.1, 0.15) is 0 Å². The first-order valence-corrected chi connectivity index (χ1v) is 4.76. The van der Waals surface area contributed by atoms with Crippen LogP contribution in [-0.2, 0) is 4.74 Å². The maximum atomic E-state index is 5.96. The van der Waals surface area contributed by atoms with Gasteiger partial charge < -0.3 is 10.5 Å². The number of hydrogen-bond donors (Lipinski definition) is 1. The van der Waals surface area contributed by atoms with Crippen LogP contribution in [0.3, 0.4) is 0 Å². The number of ether oxygens (including phenoxy) is 1. The van der Waals surface area contributed by atoms with Crippen molar-refractivity contribution in [3.8, 4) is 0 Å². The van der Waals surface area contributed by atoms with Crippen molar-refractivity contribution in [3.63, 3.8) is 0 Å². The summed E-state index contributed by atoms with van der Waals surface area (Å²) in [4.78, 5) is 2.38. The summed E-state index contributed by atoms with van der Waals surface area (Å²) in [6, 6.07) is 0.308. The van der Waals surface area contributed by atoms with Gasteiger partial charge in [-0.25, -0.2) is 0 Å². The third-order valence-electron chi connectivity index (χ3n) is 2.43. The predicted molar refractivity (Wildman–Crippen MR) is 57.3 cm³/mol. The van der Waals surface area contributed by atoms with Gasteiger partial charge in [-0.3, -0.25) is 4.90 Å². The maximum absolute atomic E-state index is 5.96. The molecule has 0 aliphatic carbocycles. The Kier molecular flexibility index (Phi) is 6.68. The predicted octanol–water partition coefficient (Wildman–Crippen LogP) is 0.724. The fraction of sp³-hybridized carbons (Fsp3) is 1.00. The summed E-state index contributed by atoms with van der Waals surface area (Å²) >= 11 is 0. The molecule has 80 valence electrons. The van der Waals surface area contributed by atoms with Crippen molar-refractivity contribution >= 4 is 12.4 Å². The van der Waals surface area contributed by atoms with Gasteiger partial charge in [-0.05, 0) is 5.92 Å². The molecule has 1 rings (SSSR count). The first-order valence-electron chi connectivity index (χ1n) is 4.76. The Morgan fingerprint density at radius 2 is 1.85 bits per heavy atom. The molecule has 0 aromatic heterocycles. The number of hydrogen-bond acceptors (Lipinski definition) is 3. The lowest BCUT2D eigenvalue weighted by Crippen LogP contribution is -2.45. The number of nitrogens with zero attached hydrogens (tertiary/aromatic N) is 1. The van der Waals surface area contributed by atoms with Gasteiger partial charge >= 0.3 is 0 Å². The average Bonchev–Trinajstić information content (AvgIpc) is 2.06. The summed E-state index contributed by atoms with van der Waals surface area (Å²) in [5.74, 6) is 0.577. The molecule has 0 saturated carbocycles. The quantitative estimate of drug-likeness (QED) is 0.743. The average molecular weight is 209 g/mol. The highest BCUT2D eigenvalue weighted by Crippen LogP contribution is 2.03. The molecule has 1 atom stereocenters. The van der Waals surface area contributed by atoms with Crippen LogP contribution < -0.4 is 5.73 Å². The molecule has 0 bridgehead atoms. The van der Waals surface area contributed by atoms with E-state index in [-0.39, 0.29) is 12.4 Å². The summed E-state index contributed by atoms with van der Waals surface area (Å²) < 4.78 is 5.26. The zero-order valence-electron chi connectivity index (χ0n) is 8.53. The minimum atomic E-state index is 0. The molecule has 0 radical (unpaired) electrons. The number of rotatable bonds is 3. The lowest BCUT2D eigenvalue weighted by molar-refractivity contribution is 0.0333. The van der Waals surface area contributed by atoms with Gasteiger partial charge in [0.05, 0.1) is 13.2 Å². The molecule has 1 heterocycles. The minimum Gasteiger partial charge on any atom is -0.379 e. The molecular weight excluding hydrogens is 188 g/mol. The van der Waals surface area contributed by atoms with Gasteiger partial charge in [0.15, 0.2) is 0 Å². The van der Waals surface area contributed by atoms with E-state index >= 15 is 0 Å². The second kappa shape index (κ2) is 6.60. The van der Waals surface area contributed by atoms with E-state index in [1.54, 1.807) is 0 Å². The van der Waals surface area contributed by atoms with Gasteiger partial charge in [-0.2, -0.15) is 0 Å². The Morgan fingerprint density at radius 1 is 1.31 bits per heavy atom. The lowest BCUT2D eigenvalue weighted by Gasteiger charge is -2.30. The zero-order valence-corrected chi connectivity index (χ0v) is 9.35. The van der Waals surface area contributed by atoms with Crippen LogP contribution in [0.5, 0.6) is 0 Å². The summed E-state index contributed by atoms with van der Waals surface area (Å²) in [5.41, 5.74) is 5.96. The highest BCUT2D eigenvalue weighted by atomic mass is 35.5. The Balaban J connectivity index is 0.00000144. The molecule has 0 aromatic rings. The zero-order chi connectivity index (χ0) is 8.97. The smallest absolute Gasteiger partial charge is 0.0594 e. The molecule has 1 unspecified atom stereocenters. The van der Waals surface area contributed by atoms with Crippen molar-refractivity contribution in [1.82, 2.24) is 4.90 Å². The van der Waals surface area contributed by atoms with E-state index in [9.17, 15) is 0 Å². The van der Waals surface area contributed by atoms with E-state index in [0.29, 0.717) is 12.0 Å². The molecule has 0 aromatic carbocycles. The number of nitrogens with two attached hydrogens (primary N) is 1. The maximum Gasteiger partial charge on any atom is 0.0594 e. The van der Waals surface area contributed by atoms with E-state index in [1.807, 2.05) is 0 Å². The van der Waals surface area contributed by atoms with Gasteiger partial charge in [0, 0.05) is 25.7 Å². The van der Waals surface area contributed by atoms with Gasteiger partial charge in [-0.15, -0.1) is 12.4 Å². The van der Waals surface area contributed by atoms with Crippen molar-refractivity contribution in [2.75, 3.05) is 32.8 Å². The van der Waals surface area contributed by atoms with Gasteiger partial charge in [0.25, 0.3) is 0 Å². The third-order valence-corrected chi connectivity index (χ3v) is 2.43. The molecule has 0 amide bonds. The normalized spacial score (nSPS) is 21.2. The van der Waals surface area contributed by atoms with Crippen molar-refractivity contribution < 1.29 is 4.74 Å². The van der Waals surface area contributed by atoms with Crippen molar-refractivity contribution in [2.24, 2.45) is 11.7 Å². The van der Waals surface area contributed by atoms with Crippen LogP contribution in [-0.4, -0.2) is 43.8 Å². The van der Waals surface area contributed by atoms with E-state index in [1.165, 1.54) is 0 Å². The minimum absolute atomic E-state index is 0. The monoisotopic (exact) mass is 208 g/mol. The molecule has 1 aliphatic rings. The fourth-order valence-electron chi connectivity index (χ4n) is 1.29. The van der Waals surface area contributed by atoms with E-state index in [2.05, 4.69) is 18.7 Å². The summed E-state index contributed by atoms with van der Waals surface area (Å²) in [6.45, 7) is 9.17. The SMILES string of the molecule is CC(C)C(N)CN1CCOCC1.Cl. The topological polar surface area (TPSA) is 38.5 Å². The van der Waals surface area contributed by atoms with E-state index < -0.39 is 0 Å². The largest absolute Gasteiger partial charge is 0.379 e. The number of halogens is 1. The van der Waals surface area contributed by atoms with Crippen LogP contribution in [0.15, 0.2) is 0 Å². The molecule has 1 fully saturated rings. The Labute approximate surface area is 87.0 Å². The first kappa shape index (κ1) is 13.2.